The van der Waals surface area contributed by atoms with Crippen molar-refractivity contribution in [1.29, 1.82) is 0 Å². The van der Waals surface area contributed by atoms with Crippen molar-refractivity contribution in [3.05, 3.63) is 47.5 Å². The van der Waals surface area contributed by atoms with Gasteiger partial charge < -0.3 is 14.8 Å². The average molecular weight is 437 g/mol. The molecule has 1 N–H and O–H groups in total. The molecular weight excluding hydrogens is 408 g/mol. The number of benzene rings is 1. The number of hydrogen-bond acceptors (Lipinski definition) is 7. The van der Waals surface area contributed by atoms with E-state index in [1.165, 1.54) is 42.8 Å². The Bertz CT molecular complexity index is 990. The van der Waals surface area contributed by atoms with Crippen LogP contribution in [0.3, 0.4) is 0 Å². The van der Waals surface area contributed by atoms with Crippen LogP contribution in [0.4, 0.5) is 0 Å². The van der Waals surface area contributed by atoms with Crippen LogP contribution in [0.1, 0.15) is 53.8 Å². The molecule has 0 radical (unpaired) electrons. The van der Waals surface area contributed by atoms with Crippen molar-refractivity contribution in [1.82, 2.24) is 20.2 Å². The maximum absolute atomic E-state index is 12.3. The zero-order chi connectivity index (χ0) is 21.9. The lowest BCUT2D eigenvalue weighted by Gasteiger charge is -2.36. The lowest BCUT2D eigenvalue weighted by atomic mass is 9.91. The summed E-state index contributed by atoms with van der Waals surface area (Å²) in [4.78, 5) is 34.6. The van der Waals surface area contributed by atoms with Crippen LogP contribution in [0.2, 0.25) is 0 Å². The molecule has 2 fully saturated rings. The highest BCUT2D eigenvalue weighted by atomic mass is 16.5. The minimum atomic E-state index is -0.405. The topological polar surface area (TPSA) is 93.7 Å². The van der Waals surface area contributed by atoms with Gasteiger partial charge in [-0.2, -0.15) is 0 Å². The van der Waals surface area contributed by atoms with Gasteiger partial charge >= 0.3 is 5.97 Å². The van der Waals surface area contributed by atoms with Crippen molar-refractivity contribution in [3.63, 3.8) is 0 Å². The monoisotopic (exact) mass is 436 g/mol. The summed E-state index contributed by atoms with van der Waals surface area (Å²) in [7, 11) is 0. The molecule has 0 bridgehead atoms. The van der Waals surface area contributed by atoms with Crippen molar-refractivity contribution >= 4 is 11.9 Å². The minimum absolute atomic E-state index is 0.0503. The van der Waals surface area contributed by atoms with Crippen molar-refractivity contribution in [2.24, 2.45) is 0 Å². The third-order valence-electron chi connectivity index (χ3n) is 6.65. The van der Waals surface area contributed by atoms with Crippen LogP contribution in [-0.4, -0.2) is 58.5 Å². The van der Waals surface area contributed by atoms with E-state index < -0.39 is 5.91 Å². The van der Waals surface area contributed by atoms with Crippen molar-refractivity contribution in [2.45, 2.75) is 57.0 Å². The minimum Gasteiger partial charge on any atom is -0.466 e. The Hall–Kier alpha value is -3.00. The Balaban J connectivity index is 1.19. The molecule has 0 spiro atoms. The molecule has 1 saturated carbocycles. The van der Waals surface area contributed by atoms with E-state index >= 15 is 0 Å². The largest absolute Gasteiger partial charge is 0.466 e. The highest BCUT2D eigenvalue weighted by Crippen LogP contribution is 2.29. The number of aromatic nitrogens is 2. The molecule has 1 saturated heterocycles. The van der Waals surface area contributed by atoms with Crippen molar-refractivity contribution in [2.75, 3.05) is 19.7 Å². The Morgan fingerprint density at radius 1 is 1.06 bits per heavy atom. The average Bonchev–Trinajstić information content (AvgIpc) is 2.96. The zero-order valence-corrected chi connectivity index (χ0v) is 18.1. The molecule has 3 aliphatic rings. The van der Waals surface area contributed by atoms with E-state index in [2.05, 4.69) is 32.3 Å². The van der Waals surface area contributed by atoms with E-state index in [0.29, 0.717) is 18.8 Å². The summed E-state index contributed by atoms with van der Waals surface area (Å²) in [6.07, 6.45) is 9.92. The molecule has 168 valence electrons. The number of ether oxygens (including phenoxy) is 2. The zero-order valence-electron chi connectivity index (χ0n) is 18.1. The molecule has 32 heavy (non-hydrogen) atoms. The van der Waals surface area contributed by atoms with Gasteiger partial charge in [0.1, 0.15) is 5.75 Å². The van der Waals surface area contributed by atoms with Crippen molar-refractivity contribution in [3.8, 4) is 11.5 Å². The van der Waals surface area contributed by atoms with Gasteiger partial charge in [-0.05, 0) is 48.9 Å². The van der Waals surface area contributed by atoms with Crippen LogP contribution in [0.15, 0.2) is 30.6 Å². The number of nitrogens with zero attached hydrogens (tertiary/aromatic N) is 3. The van der Waals surface area contributed by atoms with E-state index in [0.717, 1.165) is 37.7 Å². The molecule has 1 amide bonds. The summed E-state index contributed by atoms with van der Waals surface area (Å²) in [6, 6.07) is 6.79. The van der Waals surface area contributed by atoms with E-state index in [9.17, 15) is 9.59 Å². The molecule has 1 aromatic heterocycles. The first-order chi connectivity index (χ1) is 15.6. The van der Waals surface area contributed by atoms with Crippen LogP contribution in [0.25, 0.3) is 0 Å². The van der Waals surface area contributed by atoms with Gasteiger partial charge in [-0.3, -0.25) is 14.5 Å². The number of rotatable bonds is 5. The van der Waals surface area contributed by atoms with Crippen LogP contribution in [-0.2, 0) is 22.4 Å². The first-order valence-electron chi connectivity index (χ1n) is 11.5. The third kappa shape index (κ3) is 4.75. The summed E-state index contributed by atoms with van der Waals surface area (Å²) < 4.78 is 10.9. The molecule has 2 aliphatic heterocycles. The smallest absolute Gasteiger partial charge is 0.307 e. The number of carbonyl (C=O) groups excluding carboxylic acids is 2. The Morgan fingerprint density at radius 3 is 2.56 bits per heavy atom. The Labute approximate surface area is 187 Å². The third-order valence-corrected chi connectivity index (χ3v) is 6.65. The Morgan fingerprint density at radius 2 is 1.84 bits per heavy atom. The van der Waals surface area contributed by atoms with Crippen molar-refractivity contribution < 1.29 is 19.1 Å². The van der Waals surface area contributed by atoms with Gasteiger partial charge in [-0.1, -0.05) is 12.5 Å². The molecule has 1 aliphatic carbocycles. The lowest BCUT2D eigenvalue weighted by molar-refractivity contribution is -0.147. The predicted molar refractivity (Wildman–Crippen MR) is 117 cm³/mol. The summed E-state index contributed by atoms with van der Waals surface area (Å²) in [5, 5.41) is 2.79. The molecule has 5 rings (SSSR count). The van der Waals surface area contributed by atoms with Gasteiger partial charge in [-0.25, -0.2) is 9.97 Å². The van der Waals surface area contributed by atoms with E-state index in [1.807, 2.05) is 6.07 Å². The molecule has 8 heteroatoms. The number of amides is 1. The molecular formula is C24H28N4O4. The molecule has 1 unspecified atom stereocenters. The van der Waals surface area contributed by atoms with E-state index in [4.69, 9.17) is 9.47 Å². The highest BCUT2D eigenvalue weighted by molar-refractivity contribution is 5.91. The number of fused-ring (bicyclic) bond motifs is 1. The SMILES string of the molecule is O=C1CC(NC(=O)c2ncc(Oc3ccc4c(c3)CCN(C3CCC3)CC4)cn2)CCO1. The summed E-state index contributed by atoms with van der Waals surface area (Å²) in [5.74, 6) is 0.573. The highest BCUT2D eigenvalue weighted by Gasteiger charge is 2.26. The summed E-state index contributed by atoms with van der Waals surface area (Å²) in [6.45, 7) is 2.56. The van der Waals surface area contributed by atoms with Gasteiger partial charge in [0.2, 0.25) is 5.82 Å². The number of cyclic esters (lactones) is 1. The summed E-state index contributed by atoms with van der Waals surface area (Å²) >= 11 is 0. The first-order valence-corrected chi connectivity index (χ1v) is 11.5. The van der Waals surface area contributed by atoms with Crippen LogP contribution >= 0.6 is 0 Å². The lowest BCUT2D eigenvalue weighted by Crippen LogP contribution is -2.41. The van der Waals surface area contributed by atoms with Crippen LogP contribution < -0.4 is 10.1 Å². The van der Waals surface area contributed by atoms with Gasteiger partial charge in [0.25, 0.3) is 5.91 Å². The number of carbonyl (C=O) groups is 2. The molecule has 1 aromatic carbocycles. The second kappa shape index (κ2) is 9.24. The van der Waals surface area contributed by atoms with Gasteiger partial charge in [-0.15, -0.1) is 0 Å². The van der Waals surface area contributed by atoms with Crippen LogP contribution in [0, 0.1) is 0 Å². The quantitative estimate of drug-likeness (QED) is 0.720. The van der Waals surface area contributed by atoms with Gasteiger partial charge in [0.05, 0.1) is 25.4 Å². The van der Waals surface area contributed by atoms with Crippen LogP contribution in [0.5, 0.6) is 11.5 Å². The number of esters is 1. The second-order valence-electron chi connectivity index (χ2n) is 8.78. The molecule has 8 nitrogen and oxygen atoms in total. The second-order valence-corrected chi connectivity index (χ2v) is 8.78. The fraction of sp³-hybridized carbons (Fsp3) is 0.500. The molecule has 2 aromatic rings. The first kappa shape index (κ1) is 20.9. The van der Waals surface area contributed by atoms with E-state index in [-0.39, 0.29) is 24.3 Å². The van der Waals surface area contributed by atoms with E-state index in [1.54, 1.807) is 0 Å². The predicted octanol–water partition coefficient (Wildman–Crippen LogP) is 2.66. The van der Waals surface area contributed by atoms with Gasteiger partial charge in [0.15, 0.2) is 5.75 Å². The summed E-state index contributed by atoms with van der Waals surface area (Å²) in [5.41, 5.74) is 2.74. The molecule has 1 atom stereocenters. The fourth-order valence-corrected chi connectivity index (χ4v) is 4.57. The maximum Gasteiger partial charge on any atom is 0.307 e. The molecule has 3 heterocycles. The fourth-order valence-electron chi connectivity index (χ4n) is 4.57. The maximum atomic E-state index is 12.3. The number of nitrogens with one attached hydrogen (secondary N) is 1. The Kier molecular flexibility index (Phi) is 6.03. The normalized spacial score (nSPS) is 21.6. The number of hydrogen-bond donors (Lipinski definition) is 1. The standard InChI is InChI=1S/C24H28N4O4/c29-22-13-18(8-11-31-22)27-24(30)23-25-14-21(15-26-23)32-20-5-4-16-6-9-28(19-2-1-3-19)10-7-17(16)12-20/h4-5,12,14-15,18-19H,1-3,6-11,13H2,(H,27,30). The van der Waals surface area contributed by atoms with Gasteiger partial charge in [0, 0.05) is 31.6 Å².